The first kappa shape index (κ1) is 17.4. The standard InChI is InChI=1S/C22H21F2N/c1-2-3-14-25-15-12-19(13-16-25)22(17-4-8-20(23)9-5-17)18-6-10-21(24)11-7-18/h1,4-11H,3,12-16H2. The Morgan fingerprint density at radius 3 is 1.80 bits per heavy atom. The molecule has 1 heterocycles. The highest BCUT2D eigenvalue weighted by molar-refractivity contribution is 5.82. The van der Waals surface area contributed by atoms with Crippen molar-refractivity contribution in [3.05, 3.63) is 76.9 Å². The van der Waals surface area contributed by atoms with E-state index in [0.717, 1.165) is 55.6 Å². The number of rotatable bonds is 4. The Morgan fingerprint density at radius 2 is 1.36 bits per heavy atom. The first-order chi connectivity index (χ1) is 12.2. The van der Waals surface area contributed by atoms with Crippen LogP contribution in [0.5, 0.6) is 0 Å². The number of hydrogen-bond acceptors (Lipinski definition) is 1. The largest absolute Gasteiger partial charge is 0.302 e. The molecule has 0 bridgehead atoms. The third-order valence-corrected chi connectivity index (χ3v) is 4.65. The van der Waals surface area contributed by atoms with E-state index in [2.05, 4.69) is 10.8 Å². The van der Waals surface area contributed by atoms with Crippen molar-refractivity contribution in [1.29, 1.82) is 0 Å². The van der Waals surface area contributed by atoms with Crippen LogP contribution in [0.25, 0.3) is 5.57 Å². The van der Waals surface area contributed by atoms with Gasteiger partial charge < -0.3 is 4.90 Å². The van der Waals surface area contributed by atoms with Crippen LogP contribution in [0.15, 0.2) is 54.1 Å². The lowest BCUT2D eigenvalue weighted by Crippen LogP contribution is -2.31. The van der Waals surface area contributed by atoms with Crippen molar-refractivity contribution < 1.29 is 8.78 Å². The summed E-state index contributed by atoms with van der Waals surface area (Å²) in [6.07, 6.45) is 7.99. The van der Waals surface area contributed by atoms with E-state index in [1.165, 1.54) is 29.8 Å². The average Bonchev–Trinajstić information content (AvgIpc) is 2.64. The molecule has 2 aromatic rings. The molecule has 128 valence electrons. The first-order valence-corrected chi connectivity index (χ1v) is 8.57. The summed E-state index contributed by atoms with van der Waals surface area (Å²) in [6, 6.07) is 13.1. The zero-order valence-corrected chi connectivity index (χ0v) is 14.1. The lowest BCUT2D eigenvalue weighted by atomic mass is 9.88. The second kappa shape index (κ2) is 8.09. The zero-order valence-electron chi connectivity index (χ0n) is 14.1. The molecule has 0 aliphatic carbocycles. The smallest absolute Gasteiger partial charge is 0.123 e. The molecule has 0 saturated carbocycles. The molecule has 1 aliphatic heterocycles. The van der Waals surface area contributed by atoms with E-state index >= 15 is 0 Å². The number of piperidine rings is 1. The minimum atomic E-state index is -0.253. The van der Waals surface area contributed by atoms with Gasteiger partial charge in [-0.2, -0.15) is 0 Å². The fourth-order valence-corrected chi connectivity index (χ4v) is 3.33. The molecule has 0 unspecified atom stereocenters. The number of hydrogen-bond donors (Lipinski definition) is 0. The highest BCUT2D eigenvalue weighted by Crippen LogP contribution is 2.32. The summed E-state index contributed by atoms with van der Waals surface area (Å²) >= 11 is 0. The maximum atomic E-state index is 13.3. The molecule has 1 aliphatic rings. The van der Waals surface area contributed by atoms with Crippen LogP contribution in [0.2, 0.25) is 0 Å². The maximum absolute atomic E-state index is 13.3. The minimum Gasteiger partial charge on any atom is -0.302 e. The molecule has 3 rings (SSSR count). The molecule has 0 radical (unpaired) electrons. The second-order valence-electron chi connectivity index (χ2n) is 6.29. The quantitative estimate of drug-likeness (QED) is 0.718. The van der Waals surface area contributed by atoms with Gasteiger partial charge in [0.1, 0.15) is 11.6 Å². The Kier molecular flexibility index (Phi) is 5.63. The summed E-state index contributed by atoms with van der Waals surface area (Å²) < 4.78 is 26.7. The molecular formula is C22H21F2N. The lowest BCUT2D eigenvalue weighted by molar-refractivity contribution is 0.263. The molecule has 0 N–H and O–H groups in total. The molecular weight excluding hydrogens is 316 g/mol. The number of nitrogens with zero attached hydrogens (tertiary/aromatic N) is 1. The van der Waals surface area contributed by atoms with E-state index < -0.39 is 0 Å². The van der Waals surface area contributed by atoms with Gasteiger partial charge in [0.15, 0.2) is 0 Å². The lowest BCUT2D eigenvalue weighted by Gasteiger charge is -2.29. The average molecular weight is 337 g/mol. The number of halogens is 2. The highest BCUT2D eigenvalue weighted by atomic mass is 19.1. The van der Waals surface area contributed by atoms with Crippen LogP contribution < -0.4 is 0 Å². The molecule has 0 atom stereocenters. The predicted molar refractivity (Wildman–Crippen MR) is 97.9 cm³/mol. The summed E-state index contributed by atoms with van der Waals surface area (Å²) in [5, 5.41) is 0. The van der Waals surface area contributed by atoms with Crippen molar-refractivity contribution >= 4 is 5.57 Å². The van der Waals surface area contributed by atoms with Crippen LogP contribution in [0.4, 0.5) is 8.78 Å². The Hall–Kier alpha value is -2.44. The van der Waals surface area contributed by atoms with E-state index in [4.69, 9.17) is 6.42 Å². The molecule has 1 saturated heterocycles. The zero-order chi connectivity index (χ0) is 17.6. The summed E-state index contributed by atoms with van der Waals surface area (Å²) in [5.74, 6) is 2.18. The molecule has 1 fully saturated rings. The SMILES string of the molecule is C#CCCN1CCC(=C(c2ccc(F)cc2)c2ccc(F)cc2)CC1. The van der Waals surface area contributed by atoms with Crippen molar-refractivity contribution in [3.8, 4) is 12.3 Å². The fraction of sp³-hybridized carbons (Fsp3) is 0.273. The maximum Gasteiger partial charge on any atom is 0.123 e. The molecule has 0 amide bonds. The van der Waals surface area contributed by atoms with E-state index in [1.54, 1.807) is 24.3 Å². The van der Waals surface area contributed by atoms with Crippen LogP contribution in [0.1, 0.15) is 30.4 Å². The van der Waals surface area contributed by atoms with Gasteiger partial charge in [0, 0.05) is 26.1 Å². The van der Waals surface area contributed by atoms with Crippen molar-refractivity contribution in [1.82, 2.24) is 4.90 Å². The molecule has 3 heteroatoms. The van der Waals surface area contributed by atoms with Gasteiger partial charge in [-0.05, 0) is 53.8 Å². The van der Waals surface area contributed by atoms with Crippen LogP contribution in [-0.4, -0.2) is 24.5 Å². The van der Waals surface area contributed by atoms with Crippen molar-refractivity contribution in [2.45, 2.75) is 19.3 Å². The molecule has 2 aromatic carbocycles. The van der Waals surface area contributed by atoms with Gasteiger partial charge in [-0.15, -0.1) is 12.3 Å². The van der Waals surface area contributed by atoms with Gasteiger partial charge in [-0.3, -0.25) is 0 Å². The molecule has 0 spiro atoms. The summed E-state index contributed by atoms with van der Waals surface area (Å²) in [7, 11) is 0. The fourth-order valence-electron chi connectivity index (χ4n) is 3.33. The van der Waals surface area contributed by atoms with Gasteiger partial charge >= 0.3 is 0 Å². The van der Waals surface area contributed by atoms with Gasteiger partial charge in [-0.1, -0.05) is 29.8 Å². The number of terminal acetylenes is 1. The Balaban J connectivity index is 1.93. The summed E-state index contributed by atoms with van der Waals surface area (Å²) in [6.45, 7) is 2.85. The highest BCUT2D eigenvalue weighted by Gasteiger charge is 2.18. The van der Waals surface area contributed by atoms with Gasteiger partial charge in [0.2, 0.25) is 0 Å². The Labute approximate surface area is 148 Å². The topological polar surface area (TPSA) is 3.24 Å². The minimum absolute atomic E-state index is 0.253. The normalized spacial score (nSPS) is 15.0. The van der Waals surface area contributed by atoms with E-state index in [1.807, 2.05) is 0 Å². The van der Waals surface area contributed by atoms with E-state index in [9.17, 15) is 8.78 Å². The number of likely N-dealkylation sites (tertiary alicyclic amines) is 1. The van der Waals surface area contributed by atoms with Crippen molar-refractivity contribution in [2.75, 3.05) is 19.6 Å². The van der Waals surface area contributed by atoms with Crippen LogP contribution >= 0.6 is 0 Å². The number of benzene rings is 2. The molecule has 1 nitrogen and oxygen atoms in total. The van der Waals surface area contributed by atoms with E-state index in [-0.39, 0.29) is 11.6 Å². The van der Waals surface area contributed by atoms with Gasteiger partial charge in [-0.25, -0.2) is 8.78 Å². The first-order valence-electron chi connectivity index (χ1n) is 8.57. The van der Waals surface area contributed by atoms with Gasteiger partial charge in [0.25, 0.3) is 0 Å². The summed E-state index contributed by atoms with van der Waals surface area (Å²) in [4.78, 5) is 2.37. The second-order valence-corrected chi connectivity index (χ2v) is 6.29. The third kappa shape index (κ3) is 4.35. The van der Waals surface area contributed by atoms with Crippen molar-refractivity contribution in [3.63, 3.8) is 0 Å². The third-order valence-electron chi connectivity index (χ3n) is 4.65. The summed E-state index contributed by atoms with van der Waals surface area (Å²) in [5.41, 5.74) is 4.37. The van der Waals surface area contributed by atoms with Gasteiger partial charge in [0.05, 0.1) is 0 Å². The monoisotopic (exact) mass is 337 g/mol. The van der Waals surface area contributed by atoms with Crippen molar-refractivity contribution in [2.24, 2.45) is 0 Å². The molecule has 0 aromatic heterocycles. The van der Waals surface area contributed by atoms with Crippen LogP contribution in [-0.2, 0) is 0 Å². The van der Waals surface area contributed by atoms with Crippen LogP contribution in [0.3, 0.4) is 0 Å². The Morgan fingerprint density at radius 1 is 0.880 bits per heavy atom. The van der Waals surface area contributed by atoms with E-state index in [0.29, 0.717) is 0 Å². The predicted octanol–water partition coefficient (Wildman–Crippen LogP) is 4.89. The molecule has 25 heavy (non-hydrogen) atoms. The van der Waals surface area contributed by atoms with Crippen LogP contribution in [0, 0.1) is 24.0 Å². The Bertz CT molecular complexity index is 725.